The predicted octanol–water partition coefficient (Wildman–Crippen LogP) is 4.23. The molecule has 0 aliphatic rings. The van der Waals surface area contributed by atoms with Crippen LogP contribution in [0.25, 0.3) is 44.0 Å². The van der Waals surface area contributed by atoms with E-state index in [0.717, 1.165) is 25.3 Å². The number of carboxylic acid groups (broad SMARTS) is 1. The average Bonchev–Trinajstić information content (AvgIpc) is 2.84. The molecule has 0 fully saturated rings. The van der Waals surface area contributed by atoms with E-state index in [9.17, 15) is 39.3 Å². The van der Waals surface area contributed by atoms with Gasteiger partial charge in [-0.15, -0.1) is 0 Å². The minimum Gasteiger partial charge on any atom is -0.504 e. The van der Waals surface area contributed by atoms with Crippen LogP contribution in [0, 0.1) is 0 Å². The number of phenolic OH excluding ortho intramolecular Hbond substituents is 1. The van der Waals surface area contributed by atoms with Crippen molar-refractivity contribution in [3.05, 3.63) is 79.8 Å². The fourth-order valence-corrected chi connectivity index (χ4v) is 4.48. The molecule has 3 N–H and O–H groups in total. The van der Waals surface area contributed by atoms with Gasteiger partial charge in [0, 0.05) is 17.2 Å². The number of carbonyl (C=O) groups is 3. The molecule has 0 aliphatic carbocycles. The zero-order valence-electron chi connectivity index (χ0n) is 19.2. The summed E-state index contributed by atoms with van der Waals surface area (Å²) in [6.45, 7) is 2.32. The SMILES string of the molecule is CC(=O)c1cc2c(=O)c3c(C(=O)O)c(O)c(O)cc3oc2c(C(C)=O)c1-c1coc2ccccc2c1=O. The molecule has 5 rings (SSSR count). The minimum absolute atomic E-state index is 0.115. The van der Waals surface area contributed by atoms with Crippen molar-refractivity contribution in [2.75, 3.05) is 0 Å². The molecule has 0 aliphatic heterocycles. The third-order valence-electron chi connectivity index (χ3n) is 6.10. The number of aromatic hydroxyl groups is 2. The number of carboxylic acids is 1. The topological polar surface area (TPSA) is 172 Å². The summed E-state index contributed by atoms with van der Waals surface area (Å²) in [6, 6.07) is 8.32. The Kier molecular flexibility index (Phi) is 5.18. The van der Waals surface area contributed by atoms with Crippen LogP contribution in [0.4, 0.5) is 0 Å². The number of fused-ring (bicyclic) bond motifs is 3. The second-order valence-corrected chi connectivity index (χ2v) is 8.37. The van der Waals surface area contributed by atoms with Crippen LogP contribution in [0.5, 0.6) is 11.5 Å². The third kappa shape index (κ3) is 3.38. The maximum absolute atomic E-state index is 13.5. The number of rotatable bonds is 4. The number of aromatic carboxylic acids is 1. The highest BCUT2D eigenvalue weighted by atomic mass is 16.4. The van der Waals surface area contributed by atoms with Gasteiger partial charge in [-0.2, -0.15) is 0 Å². The van der Waals surface area contributed by atoms with Crippen LogP contribution in [-0.4, -0.2) is 32.9 Å². The molecule has 0 unspecified atom stereocenters. The fourth-order valence-electron chi connectivity index (χ4n) is 4.48. The molecule has 0 atom stereocenters. The van der Waals surface area contributed by atoms with Crippen molar-refractivity contribution in [1.29, 1.82) is 0 Å². The molecular formula is C27H16O10. The first-order valence-electron chi connectivity index (χ1n) is 10.8. The van der Waals surface area contributed by atoms with Gasteiger partial charge in [0.2, 0.25) is 10.9 Å². The van der Waals surface area contributed by atoms with E-state index in [1.165, 1.54) is 13.0 Å². The molecule has 0 saturated heterocycles. The summed E-state index contributed by atoms with van der Waals surface area (Å²) >= 11 is 0. The largest absolute Gasteiger partial charge is 0.504 e. The van der Waals surface area contributed by atoms with Crippen molar-refractivity contribution in [3.8, 4) is 22.6 Å². The maximum atomic E-state index is 13.5. The van der Waals surface area contributed by atoms with Gasteiger partial charge in [-0.3, -0.25) is 19.2 Å². The van der Waals surface area contributed by atoms with Gasteiger partial charge in [0.15, 0.2) is 23.1 Å². The van der Waals surface area contributed by atoms with Gasteiger partial charge in [-0.05, 0) is 32.0 Å². The Balaban J connectivity index is 2.05. The normalized spacial score (nSPS) is 11.3. The van der Waals surface area contributed by atoms with E-state index in [1.807, 2.05) is 0 Å². The van der Waals surface area contributed by atoms with Crippen LogP contribution in [0.3, 0.4) is 0 Å². The highest BCUT2D eigenvalue weighted by molar-refractivity contribution is 6.18. The second kappa shape index (κ2) is 8.16. The maximum Gasteiger partial charge on any atom is 0.340 e. The first-order valence-corrected chi connectivity index (χ1v) is 10.8. The number of phenols is 2. The summed E-state index contributed by atoms with van der Waals surface area (Å²) < 4.78 is 11.4. The number of Topliss-reactive ketones (excluding diaryl/α,β-unsaturated/α-hetero) is 2. The summed E-state index contributed by atoms with van der Waals surface area (Å²) in [7, 11) is 0. The Labute approximate surface area is 205 Å². The molecule has 10 heteroatoms. The third-order valence-corrected chi connectivity index (χ3v) is 6.10. The smallest absolute Gasteiger partial charge is 0.340 e. The standard InChI is InChI=1S/C27H16O10/c1-10(28)13-7-14-24(32)21-18(8-16(30)25(33)22(21)27(34)35)37-26(14)19(11(2)29)20(13)15-9-36-17-6-4-3-5-12(17)23(15)31/h3-9,30,33H,1-2H3,(H,34,35). The second-order valence-electron chi connectivity index (χ2n) is 8.37. The van der Waals surface area contributed by atoms with Crippen molar-refractivity contribution in [2.45, 2.75) is 13.8 Å². The molecule has 2 heterocycles. The van der Waals surface area contributed by atoms with E-state index >= 15 is 0 Å². The Morgan fingerprint density at radius 3 is 2.19 bits per heavy atom. The summed E-state index contributed by atoms with van der Waals surface area (Å²) in [5.41, 5.74) is -3.59. The van der Waals surface area contributed by atoms with Gasteiger partial charge in [0.25, 0.3) is 0 Å². The van der Waals surface area contributed by atoms with Crippen LogP contribution in [0.2, 0.25) is 0 Å². The van der Waals surface area contributed by atoms with Crippen LogP contribution in [0.15, 0.2) is 61.1 Å². The molecule has 0 saturated carbocycles. The van der Waals surface area contributed by atoms with Crippen molar-refractivity contribution in [1.82, 2.24) is 0 Å². The number of carbonyl (C=O) groups excluding carboxylic acids is 2. The van der Waals surface area contributed by atoms with E-state index in [2.05, 4.69) is 0 Å². The highest BCUT2D eigenvalue weighted by Crippen LogP contribution is 2.39. The summed E-state index contributed by atoms with van der Waals surface area (Å²) in [5.74, 6) is -4.89. The first-order chi connectivity index (χ1) is 17.5. The van der Waals surface area contributed by atoms with Crippen LogP contribution in [0.1, 0.15) is 44.9 Å². The molecule has 3 aromatic carbocycles. The molecular weight excluding hydrogens is 484 g/mol. The zero-order valence-corrected chi connectivity index (χ0v) is 19.2. The van der Waals surface area contributed by atoms with Crippen molar-refractivity contribution in [2.24, 2.45) is 0 Å². The van der Waals surface area contributed by atoms with Crippen LogP contribution in [-0.2, 0) is 0 Å². The quantitative estimate of drug-likeness (QED) is 0.184. The molecule has 0 amide bonds. The van der Waals surface area contributed by atoms with E-state index in [4.69, 9.17) is 8.83 Å². The Hall–Kier alpha value is -5.25. The predicted molar refractivity (Wildman–Crippen MR) is 132 cm³/mol. The van der Waals surface area contributed by atoms with Gasteiger partial charge < -0.3 is 24.2 Å². The first kappa shape index (κ1) is 23.5. The summed E-state index contributed by atoms with van der Waals surface area (Å²) in [6.07, 6.45) is 1.11. The lowest BCUT2D eigenvalue weighted by Gasteiger charge is -2.15. The molecule has 2 aromatic heterocycles. The Bertz CT molecular complexity index is 1970. The van der Waals surface area contributed by atoms with Gasteiger partial charge in [0.1, 0.15) is 28.6 Å². The van der Waals surface area contributed by atoms with Gasteiger partial charge >= 0.3 is 5.97 Å². The van der Waals surface area contributed by atoms with Gasteiger partial charge in [-0.25, -0.2) is 4.79 Å². The van der Waals surface area contributed by atoms with Crippen molar-refractivity contribution in [3.63, 3.8) is 0 Å². The van der Waals surface area contributed by atoms with Gasteiger partial charge in [-0.1, -0.05) is 12.1 Å². The number of ketones is 2. The lowest BCUT2D eigenvalue weighted by atomic mass is 9.88. The Morgan fingerprint density at radius 1 is 0.838 bits per heavy atom. The molecule has 0 spiro atoms. The molecule has 0 radical (unpaired) electrons. The molecule has 5 aromatic rings. The number of hydrogen-bond acceptors (Lipinski definition) is 9. The molecule has 0 bridgehead atoms. The van der Waals surface area contributed by atoms with Gasteiger partial charge in [0.05, 0.1) is 27.3 Å². The average molecular weight is 500 g/mol. The van der Waals surface area contributed by atoms with E-state index in [-0.39, 0.29) is 44.2 Å². The van der Waals surface area contributed by atoms with E-state index < -0.39 is 56.4 Å². The van der Waals surface area contributed by atoms with Crippen LogP contribution < -0.4 is 10.9 Å². The summed E-state index contributed by atoms with van der Waals surface area (Å²) in [5, 5.41) is 29.0. The summed E-state index contributed by atoms with van der Waals surface area (Å²) in [4.78, 5) is 64.4. The lowest BCUT2D eigenvalue weighted by molar-refractivity contribution is 0.0694. The number of hydrogen-bond donors (Lipinski definition) is 3. The Morgan fingerprint density at radius 2 is 1.54 bits per heavy atom. The van der Waals surface area contributed by atoms with Crippen molar-refractivity contribution >= 4 is 50.4 Å². The highest BCUT2D eigenvalue weighted by Gasteiger charge is 2.29. The zero-order chi connectivity index (χ0) is 26.8. The number of benzene rings is 3. The lowest BCUT2D eigenvalue weighted by Crippen LogP contribution is -2.15. The fraction of sp³-hybridized carbons (Fsp3) is 0.0741. The van der Waals surface area contributed by atoms with E-state index in [0.29, 0.717) is 0 Å². The molecule has 10 nitrogen and oxygen atoms in total. The minimum atomic E-state index is -1.71. The monoisotopic (exact) mass is 500 g/mol. The van der Waals surface area contributed by atoms with Crippen molar-refractivity contribution < 1.29 is 38.5 Å². The molecule has 37 heavy (non-hydrogen) atoms. The molecule has 184 valence electrons. The van der Waals surface area contributed by atoms with E-state index in [1.54, 1.807) is 18.2 Å². The van der Waals surface area contributed by atoms with Crippen LogP contribution >= 0.6 is 0 Å². The number of para-hydroxylation sites is 1.